The van der Waals surface area contributed by atoms with Crippen LogP contribution in [0.25, 0.3) is 0 Å². The Bertz CT molecular complexity index is 253. The molecule has 0 aliphatic heterocycles. The van der Waals surface area contributed by atoms with Crippen molar-refractivity contribution in [1.82, 2.24) is 0 Å². The molecule has 0 aromatic carbocycles. The maximum absolute atomic E-state index is 10.2. The van der Waals surface area contributed by atoms with Crippen molar-refractivity contribution in [2.45, 2.75) is 110 Å². The molecule has 5 nitrogen and oxygen atoms in total. The zero-order valence-corrected chi connectivity index (χ0v) is 16.7. The number of hydrogen-bond donors (Lipinski definition) is 0. The van der Waals surface area contributed by atoms with Crippen LogP contribution in [0.15, 0.2) is 0 Å². The van der Waals surface area contributed by atoms with Crippen LogP contribution in [0.5, 0.6) is 0 Å². The van der Waals surface area contributed by atoms with E-state index in [1.165, 1.54) is 83.5 Å². The van der Waals surface area contributed by atoms with E-state index in [-0.39, 0.29) is 23.5 Å². The molecule has 0 N–H and O–H groups in total. The molecule has 0 spiro atoms. The first kappa shape index (κ1) is 29.7. The predicted molar refractivity (Wildman–Crippen MR) is 90.3 cm³/mol. The van der Waals surface area contributed by atoms with Gasteiger partial charge in [0.25, 0.3) is 0 Å². The Morgan fingerprint density at radius 2 is 0.880 bits per heavy atom. The predicted octanol–water partition coefficient (Wildman–Crippen LogP) is 1.05. The Morgan fingerprint density at radius 3 is 1.12 bits per heavy atom. The smallest absolute Gasteiger partial charge is 0.0414 e. The van der Waals surface area contributed by atoms with Gasteiger partial charge in [0, 0.05) is 23.0 Å². The minimum absolute atomic E-state index is 0. The first-order chi connectivity index (χ1) is 11.5. The van der Waals surface area contributed by atoms with Crippen molar-refractivity contribution in [2.75, 3.05) is 0 Å². The zero-order valence-electron chi connectivity index (χ0n) is 15.7. The fraction of sp³-hybridized carbons (Fsp3) is 0.944. The molecule has 0 rings (SSSR count). The van der Waals surface area contributed by atoms with Crippen molar-refractivity contribution in [3.05, 3.63) is 0 Å². The van der Waals surface area contributed by atoms with Gasteiger partial charge in [-0.25, -0.2) is 0 Å². The molecule has 0 bridgehead atoms. The van der Waals surface area contributed by atoms with Gasteiger partial charge in [-0.2, -0.15) is 0 Å². The molecule has 25 heavy (non-hydrogen) atoms. The Hall–Kier alpha value is -0.0656. The number of carbonyl (C=O) groups excluding carboxylic acids is 1. The van der Waals surface area contributed by atoms with Gasteiger partial charge < -0.3 is 25.0 Å². The average molecular weight is 406 g/mol. The molecule has 0 aliphatic rings. The van der Waals surface area contributed by atoms with E-state index in [0.29, 0.717) is 0 Å². The molecule has 0 aliphatic carbocycles. The van der Waals surface area contributed by atoms with Gasteiger partial charge in [0.05, 0.1) is 0 Å². The third-order valence-corrected chi connectivity index (χ3v) is 3.98. The summed E-state index contributed by atoms with van der Waals surface area (Å²) in [6, 6.07) is 0. The molecular formula is C18H35BCuO5-4. The number of rotatable bonds is 16. The second-order valence-electron chi connectivity index (χ2n) is 6.36. The largest absolute Gasteiger partial charge is 0.907 e. The Kier molecular flexibility index (Phi) is 31.1. The average Bonchev–Trinajstić information content (AvgIpc) is 2.50. The summed E-state index contributed by atoms with van der Waals surface area (Å²) in [6.45, 7) is 2.27. The van der Waals surface area contributed by atoms with Crippen molar-refractivity contribution in [2.24, 2.45) is 0 Å². The van der Waals surface area contributed by atoms with E-state index < -0.39 is 13.3 Å². The molecule has 0 saturated heterocycles. The molecule has 7 heteroatoms. The van der Waals surface area contributed by atoms with E-state index in [1.807, 2.05) is 0 Å². The summed E-state index contributed by atoms with van der Waals surface area (Å²) in [7, 11) is -2.92. The van der Waals surface area contributed by atoms with Crippen molar-refractivity contribution in [1.29, 1.82) is 0 Å². The molecule has 0 fully saturated rings. The Balaban J connectivity index is -0.000000867. The quantitative estimate of drug-likeness (QED) is 0.281. The maximum Gasteiger partial charge on any atom is 0.0414 e. The van der Waals surface area contributed by atoms with Crippen LogP contribution >= 0.6 is 0 Å². The summed E-state index contributed by atoms with van der Waals surface area (Å²) in [5.41, 5.74) is 0. The van der Waals surface area contributed by atoms with Crippen LogP contribution in [-0.4, -0.2) is 13.3 Å². The van der Waals surface area contributed by atoms with E-state index >= 15 is 0 Å². The van der Waals surface area contributed by atoms with Crippen LogP contribution in [0, 0.1) is 0 Å². The van der Waals surface area contributed by atoms with E-state index in [2.05, 4.69) is 6.92 Å². The number of carboxylic acids is 1. The summed E-state index contributed by atoms with van der Waals surface area (Å²) < 4.78 is 0. The van der Waals surface area contributed by atoms with Crippen LogP contribution in [0.3, 0.4) is 0 Å². The van der Waals surface area contributed by atoms with E-state index in [1.54, 1.807) is 0 Å². The summed E-state index contributed by atoms with van der Waals surface area (Å²) >= 11 is 0. The molecule has 0 unspecified atom stereocenters. The standard InChI is InChI=1S/C18H36O2.BO3.Cu/c1-2-3-4-5-6-7-8-9-10-11-12-13-14-15-16-17-18(19)20;2-1(3)4;/h2-17H2,1H3,(H,19,20);;/q;-3;/p-1. The fourth-order valence-electron chi connectivity index (χ4n) is 2.64. The fourth-order valence-corrected chi connectivity index (χ4v) is 2.64. The molecular weight excluding hydrogens is 371 g/mol. The van der Waals surface area contributed by atoms with E-state index in [0.717, 1.165) is 12.8 Å². The molecule has 0 aromatic heterocycles. The molecule has 1 radical (unpaired) electrons. The molecule has 0 atom stereocenters. The molecule has 155 valence electrons. The third kappa shape index (κ3) is 40.2. The minimum Gasteiger partial charge on any atom is -0.907 e. The first-order valence-corrected chi connectivity index (χ1v) is 9.68. The van der Waals surface area contributed by atoms with Crippen LogP contribution < -0.4 is 20.2 Å². The second-order valence-corrected chi connectivity index (χ2v) is 6.36. The van der Waals surface area contributed by atoms with Gasteiger partial charge in [-0.3, -0.25) is 7.32 Å². The molecule has 0 saturated carbocycles. The van der Waals surface area contributed by atoms with Gasteiger partial charge >= 0.3 is 0 Å². The van der Waals surface area contributed by atoms with Gasteiger partial charge in [-0.15, -0.1) is 0 Å². The van der Waals surface area contributed by atoms with Gasteiger partial charge in [0.1, 0.15) is 0 Å². The Morgan fingerprint density at radius 1 is 0.640 bits per heavy atom. The van der Waals surface area contributed by atoms with Crippen molar-refractivity contribution in [3.8, 4) is 0 Å². The SMILES string of the molecule is CCCCCCCCCCCCCCCCCC(=O)[O-].[Cu].[O-]B([O-])[O-]. The summed E-state index contributed by atoms with van der Waals surface area (Å²) in [4.78, 5) is 10.2. The number of aliphatic carboxylic acids is 1. The van der Waals surface area contributed by atoms with Gasteiger partial charge in [0.15, 0.2) is 0 Å². The molecule has 0 heterocycles. The number of carbonyl (C=O) groups is 1. The van der Waals surface area contributed by atoms with Crippen molar-refractivity contribution >= 4 is 13.3 Å². The number of carboxylic acid groups (broad SMARTS) is 1. The topological polar surface area (TPSA) is 109 Å². The van der Waals surface area contributed by atoms with Gasteiger partial charge in [-0.05, 0) is 12.8 Å². The maximum atomic E-state index is 10.2. The number of hydrogen-bond acceptors (Lipinski definition) is 5. The zero-order chi connectivity index (χ0) is 18.5. The third-order valence-electron chi connectivity index (χ3n) is 3.98. The van der Waals surface area contributed by atoms with Crippen LogP contribution in [-0.2, 0) is 21.9 Å². The van der Waals surface area contributed by atoms with Crippen LogP contribution in [0.4, 0.5) is 0 Å². The van der Waals surface area contributed by atoms with Crippen LogP contribution in [0.2, 0.25) is 0 Å². The summed E-state index contributed by atoms with van der Waals surface area (Å²) in [6.07, 6.45) is 19.9. The van der Waals surface area contributed by atoms with E-state index in [4.69, 9.17) is 15.1 Å². The normalized spacial score (nSPS) is 9.76. The Labute approximate surface area is 165 Å². The van der Waals surface area contributed by atoms with Crippen molar-refractivity contribution in [3.63, 3.8) is 0 Å². The first-order valence-electron chi connectivity index (χ1n) is 9.68. The van der Waals surface area contributed by atoms with Crippen molar-refractivity contribution < 1.29 is 42.0 Å². The van der Waals surface area contributed by atoms with Crippen LogP contribution in [0.1, 0.15) is 110 Å². The number of unbranched alkanes of at least 4 members (excludes halogenated alkanes) is 14. The monoisotopic (exact) mass is 405 g/mol. The second kappa shape index (κ2) is 26.2. The summed E-state index contributed by atoms with van der Waals surface area (Å²) in [5.74, 6) is -0.903. The molecule has 0 aromatic rings. The van der Waals surface area contributed by atoms with E-state index in [9.17, 15) is 9.90 Å². The minimum atomic E-state index is -2.92. The summed E-state index contributed by atoms with van der Waals surface area (Å²) in [5, 5.41) is 35.5. The molecule has 0 amide bonds. The van der Waals surface area contributed by atoms with Gasteiger partial charge in [0.2, 0.25) is 0 Å². The van der Waals surface area contributed by atoms with Gasteiger partial charge in [-0.1, -0.05) is 96.8 Å².